The van der Waals surface area contributed by atoms with Crippen molar-refractivity contribution in [3.8, 4) is 0 Å². The molecule has 0 saturated carbocycles. The second-order valence-electron chi connectivity index (χ2n) is 9.28. The number of fused-ring (bicyclic) bond motifs is 1. The van der Waals surface area contributed by atoms with Gasteiger partial charge >= 0.3 is 0 Å². The molecule has 0 spiro atoms. The number of benzene rings is 1. The van der Waals surface area contributed by atoms with Gasteiger partial charge < -0.3 is 14.4 Å². The molecule has 3 rings (SSSR count). The van der Waals surface area contributed by atoms with E-state index in [0.717, 1.165) is 17.8 Å². The number of hydrogen-bond acceptors (Lipinski definition) is 2. The molecule has 5 heteroatoms. The number of carbonyl (C=O) groups is 2. The van der Waals surface area contributed by atoms with Crippen LogP contribution in [0.1, 0.15) is 57.5 Å². The fourth-order valence-corrected chi connectivity index (χ4v) is 3.93. The lowest BCUT2D eigenvalue weighted by Crippen LogP contribution is -2.54. The average Bonchev–Trinajstić information content (AvgIpc) is 3.13. The molecule has 29 heavy (non-hydrogen) atoms. The Morgan fingerprint density at radius 3 is 2.34 bits per heavy atom. The summed E-state index contributed by atoms with van der Waals surface area (Å²) in [5, 5.41) is 0. The van der Waals surface area contributed by atoms with E-state index in [1.807, 2.05) is 45.6 Å². The molecule has 0 saturated heterocycles. The molecule has 1 atom stereocenters. The fraction of sp³-hybridized carbons (Fsp3) is 0.500. The molecule has 0 aliphatic carbocycles. The summed E-state index contributed by atoms with van der Waals surface area (Å²) in [5.74, 6) is -0.140. The smallest absolute Gasteiger partial charge is 0.243 e. The van der Waals surface area contributed by atoms with Crippen LogP contribution >= 0.6 is 0 Å². The van der Waals surface area contributed by atoms with Crippen LogP contribution in [-0.4, -0.2) is 44.8 Å². The second-order valence-corrected chi connectivity index (χ2v) is 9.28. The molecule has 2 aromatic rings. The maximum Gasteiger partial charge on any atom is 0.243 e. The van der Waals surface area contributed by atoms with Gasteiger partial charge in [0, 0.05) is 36.4 Å². The highest BCUT2D eigenvalue weighted by molar-refractivity contribution is 5.86. The van der Waals surface area contributed by atoms with E-state index in [0.29, 0.717) is 6.54 Å². The van der Waals surface area contributed by atoms with E-state index in [1.54, 1.807) is 4.90 Å². The topological polar surface area (TPSA) is 45.6 Å². The molecular formula is C24H33N3O2. The number of nitrogens with zero attached hydrogens (tertiary/aromatic N) is 3. The van der Waals surface area contributed by atoms with Crippen molar-refractivity contribution in [3.05, 3.63) is 59.4 Å². The monoisotopic (exact) mass is 395 g/mol. The standard InChI is InChI=1S/C24H33N3O2/c1-17(2)23(29)27(24(4,5)6)16-21(28)26-15-14-25-13-7-8-20(25)22(26)19-11-9-18(3)10-12-19/h7-13,17,22H,14-16H2,1-6H3/t22-/m0/s1. The largest absolute Gasteiger partial charge is 0.348 e. The van der Waals surface area contributed by atoms with Gasteiger partial charge in [0.25, 0.3) is 0 Å². The lowest BCUT2D eigenvalue weighted by atomic mass is 9.98. The normalized spacial score (nSPS) is 16.7. The molecule has 2 amide bonds. The van der Waals surface area contributed by atoms with Gasteiger partial charge in [-0.2, -0.15) is 0 Å². The highest BCUT2D eigenvalue weighted by atomic mass is 16.2. The molecule has 0 radical (unpaired) electrons. The van der Waals surface area contributed by atoms with Crippen LogP contribution < -0.4 is 0 Å². The summed E-state index contributed by atoms with van der Waals surface area (Å²) in [6.45, 7) is 13.3. The van der Waals surface area contributed by atoms with Crippen LogP contribution in [0.3, 0.4) is 0 Å². The Morgan fingerprint density at radius 1 is 1.10 bits per heavy atom. The summed E-state index contributed by atoms with van der Waals surface area (Å²) >= 11 is 0. The SMILES string of the molecule is Cc1ccc([C@H]2c3cccn3CCN2C(=O)CN(C(=O)C(C)C)C(C)(C)C)cc1. The maximum absolute atomic E-state index is 13.5. The summed E-state index contributed by atoms with van der Waals surface area (Å²) < 4.78 is 2.22. The molecule has 2 heterocycles. The molecular weight excluding hydrogens is 362 g/mol. The fourth-order valence-electron chi connectivity index (χ4n) is 3.93. The second kappa shape index (κ2) is 8.05. The number of aryl methyl sites for hydroxylation is 1. The van der Waals surface area contributed by atoms with Crippen LogP contribution in [0.5, 0.6) is 0 Å². The van der Waals surface area contributed by atoms with E-state index < -0.39 is 5.54 Å². The van der Waals surface area contributed by atoms with Gasteiger partial charge in [-0.3, -0.25) is 9.59 Å². The number of rotatable bonds is 4. The Morgan fingerprint density at radius 2 is 1.76 bits per heavy atom. The van der Waals surface area contributed by atoms with Crippen LogP contribution in [-0.2, 0) is 16.1 Å². The molecule has 5 nitrogen and oxygen atoms in total. The van der Waals surface area contributed by atoms with Gasteiger partial charge in [-0.1, -0.05) is 43.7 Å². The van der Waals surface area contributed by atoms with E-state index in [1.165, 1.54) is 5.56 Å². The zero-order valence-corrected chi connectivity index (χ0v) is 18.5. The molecule has 1 aromatic heterocycles. The predicted octanol–water partition coefficient (Wildman–Crippen LogP) is 4.01. The van der Waals surface area contributed by atoms with Gasteiger partial charge in [-0.25, -0.2) is 0 Å². The van der Waals surface area contributed by atoms with Gasteiger partial charge in [-0.15, -0.1) is 0 Å². The van der Waals surface area contributed by atoms with Gasteiger partial charge in [0.05, 0.1) is 6.04 Å². The summed E-state index contributed by atoms with van der Waals surface area (Å²) in [4.78, 5) is 30.0. The third kappa shape index (κ3) is 4.39. The Kier molecular flexibility index (Phi) is 5.87. The van der Waals surface area contributed by atoms with E-state index in [4.69, 9.17) is 0 Å². The summed E-state index contributed by atoms with van der Waals surface area (Å²) in [5.41, 5.74) is 3.00. The Labute approximate surface area is 174 Å². The van der Waals surface area contributed by atoms with E-state index >= 15 is 0 Å². The van der Waals surface area contributed by atoms with Crippen molar-refractivity contribution < 1.29 is 9.59 Å². The lowest BCUT2D eigenvalue weighted by Gasteiger charge is -2.41. The highest BCUT2D eigenvalue weighted by Crippen LogP contribution is 2.33. The lowest BCUT2D eigenvalue weighted by molar-refractivity contribution is -0.148. The average molecular weight is 396 g/mol. The summed E-state index contributed by atoms with van der Waals surface area (Å²) in [6.07, 6.45) is 2.07. The Hall–Kier alpha value is -2.56. The first-order chi connectivity index (χ1) is 13.6. The van der Waals surface area contributed by atoms with Crippen molar-refractivity contribution in [1.29, 1.82) is 0 Å². The Balaban J connectivity index is 1.93. The van der Waals surface area contributed by atoms with Crippen molar-refractivity contribution >= 4 is 11.8 Å². The first kappa shape index (κ1) is 21.2. The zero-order chi connectivity index (χ0) is 21.3. The third-order valence-corrected chi connectivity index (χ3v) is 5.61. The molecule has 0 fully saturated rings. The van der Waals surface area contributed by atoms with Gasteiger partial charge in [0.15, 0.2) is 0 Å². The molecule has 0 N–H and O–H groups in total. The molecule has 156 valence electrons. The minimum atomic E-state index is -0.410. The van der Waals surface area contributed by atoms with Crippen molar-refractivity contribution in [2.24, 2.45) is 5.92 Å². The van der Waals surface area contributed by atoms with E-state index in [2.05, 4.69) is 48.0 Å². The van der Waals surface area contributed by atoms with Crippen LogP contribution in [0.4, 0.5) is 0 Å². The van der Waals surface area contributed by atoms with Crippen molar-refractivity contribution in [3.63, 3.8) is 0 Å². The first-order valence-corrected chi connectivity index (χ1v) is 10.4. The van der Waals surface area contributed by atoms with Crippen LogP contribution in [0.15, 0.2) is 42.6 Å². The minimum Gasteiger partial charge on any atom is -0.348 e. The van der Waals surface area contributed by atoms with Crippen LogP contribution in [0.2, 0.25) is 0 Å². The third-order valence-electron chi connectivity index (χ3n) is 5.61. The van der Waals surface area contributed by atoms with Gasteiger partial charge in [0.1, 0.15) is 6.54 Å². The summed E-state index contributed by atoms with van der Waals surface area (Å²) in [7, 11) is 0. The number of hydrogen-bond donors (Lipinski definition) is 0. The van der Waals surface area contributed by atoms with Crippen molar-refractivity contribution in [1.82, 2.24) is 14.4 Å². The van der Waals surface area contributed by atoms with Gasteiger partial charge in [0.2, 0.25) is 11.8 Å². The number of carbonyl (C=O) groups excluding carboxylic acids is 2. The van der Waals surface area contributed by atoms with Crippen LogP contribution in [0, 0.1) is 12.8 Å². The van der Waals surface area contributed by atoms with Crippen molar-refractivity contribution in [2.45, 2.75) is 59.7 Å². The molecule has 0 unspecified atom stereocenters. The quantitative estimate of drug-likeness (QED) is 0.785. The molecule has 1 aliphatic rings. The van der Waals surface area contributed by atoms with Crippen molar-refractivity contribution in [2.75, 3.05) is 13.1 Å². The van der Waals surface area contributed by atoms with E-state index in [-0.39, 0.29) is 30.3 Å². The first-order valence-electron chi connectivity index (χ1n) is 10.4. The summed E-state index contributed by atoms with van der Waals surface area (Å²) in [6, 6.07) is 12.4. The Bertz CT molecular complexity index is 874. The maximum atomic E-state index is 13.5. The molecule has 1 aliphatic heterocycles. The number of amides is 2. The van der Waals surface area contributed by atoms with E-state index in [9.17, 15) is 9.59 Å². The molecule has 0 bridgehead atoms. The highest BCUT2D eigenvalue weighted by Gasteiger charge is 2.36. The predicted molar refractivity (Wildman–Crippen MR) is 115 cm³/mol. The molecule has 1 aromatic carbocycles. The minimum absolute atomic E-state index is 0.00745. The van der Waals surface area contributed by atoms with Crippen LogP contribution in [0.25, 0.3) is 0 Å². The number of aromatic nitrogens is 1. The van der Waals surface area contributed by atoms with Gasteiger partial charge in [-0.05, 0) is 45.4 Å². The zero-order valence-electron chi connectivity index (χ0n) is 18.5.